The van der Waals surface area contributed by atoms with Crippen LogP contribution in [0.4, 0.5) is 5.82 Å². The third-order valence-corrected chi connectivity index (χ3v) is 2.34. The number of aromatic nitrogens is 2. The molecule has 1 aromatic heterocycles. The van der Waals surface area contributed by atoms with Gasteiger partial charge < -0.3 is 15.4 Å². The number of hydrogen-bond donors (Lipinski definition) is 1. The number of anilines is 1. The van der Waals surface area contributed by atoms with Crippen LogP contribution in [0.2, 0.25) is 0 Å². The van der Waals surface area contributed by atoms with Crippen LogP contribution >= 0.6 is 0 Å². The number of hydrogen-bond acceptors (Lipinski definition) is 5. The molecule has 0 amide bonds. The average molecular weight is 238 g/mol. The van der Waals surface area contributed by atoms with E-state index in [-0.39, 0.29) is 0 Å². The first-order valence-corrected chi connectivity index (χ1v) is 6.10. The Kier molecular flexibility index (Phi) is 5.69. The molecule has 1 rings (SSSR count). The van der Waals surface area contributed by atoms with Crippen LogP contribution in [-0.2, 0) is 0 Å². The first kappa shape index (κ1) is 13.7. The Morgan fingerprint density at radius 3 is 2.76 bits per heavy atom. The van der Waals surface area contributed by atoms with Gasteiger partial charge in [-0.1, -0.05) is 6.92 Å². The summed E-state index contributed by atoms with van der Waals surface area (Å²) in [6, 6.07) is 0.342. The lowest BCUT2D eigenvalue weighted by molar-refractivity contribution is 0.304. The zero-order chi connectivity index (χ0) is 12.7. The van der Waals surface area contributed by atoms with E-state index in [2.05, 4.69) is 35.6 Å². The quantitative estimate of drug-likeness (QED) is 0.778. The van der Waals surface area contributed by atoms with E-state index < -0.39 is 0 Å². The van der Waals surface area contributed by atoms with Gasteiger partial charge in [-0.3, -0.25) is 4.98 Å². The second-order valence-electron chi connectivity index (χ2n) is 4.14. The molecule has 1 heterocycles. The lowest BCUT2D eigenvalue weighted by Gasteiger charge is -2.27. The van der Waals surface area contributed by atoms with Crippen LogP contribution in [0.15, 0.2) is 12.4 Å². The molecule has 5 nitrogen and oxygen atoms in total. The summed E-state index contributed by atoms with van der Waals surface area (Å²) in [5.41, 5.74) is 5.60. The highest BCUT2D eigenvalue weighted by Gasteiger charge is 2.12. The summed E-state index contributed by atoms with van der Waals surface area (Å²) in [6.07, 6.45) is 4.34. The van der Waals surface area contributed by atoms with Crippen molar-refractivity contribution in [2.75, 3.05) is 24.6 Å². The van der Waals surface area contributed by atoms with Crippen molar-refractivity contribution in [1.29, 1.82) is 0 Å². The maximum absolute atomic E-state index is 5.60. The molecule has 0 aliphatic heterocycles. The van der Waals surface area contributed by atoms with Crippen LogP contribution in [0.5, 0.6) is 5.88 Å². The molecular formula is C12H22N4O. The Labute approximate surface area is 103 Å². The molecule has 0 fully saturated rings. The van der Waals surface area contributed by atoms with Gasteiger partial charge in [0.1, 0.15) is 0 Å². The third kappa shape index (κ3) is 4.19. The second-order valence-corrected chi connectivity index (χ2v) is 4.14. The lowest BCUT2D eigenvalue weighted by Crippen LogP contribution is -2.36. The van der Waals surface area contributed by atoms with E-state index in [0.29, 0.717) is 25.1 Å². The van der Waals surface area contributed by atoms with Crippen molar-refractivity contribution in [3.05, 3.63) is 12.4 Å². The molecule has 0 radical (unpaired) electrons. The summed E-state index contributed by atoms with van der Waals surface area (Å²) >= 11 is 0. The maximum Gasteiger partial charge on any atom is 0.234 e. The Morgan fingerprint density at radius 2 is 2.18 bits per heavy atom. The van der Waals surface area contributed by atoms with Crippen molar-refractivity contribution in [1.82, 2.24) is 9.97 Å². The normalized spacial score (nSPS) is 10.6. The minimum atomic E-state index is 0.342. The zero-order valence-electron chi connectivity index (χ0n) is 10.9. The van der Waals surface area contributed by atoms with Crippen molar-refractivity contribution >= 4 is 5.82 Å². The van der Waals surface area contributed by atoms with E-state index in [1.165, 1.54) is 0 Å². The molecule has 0 saturated heterocycles. The van der Waals surface area contributed by atoms with E-state index >= 15 is 0 Å². The summed E-state index contributed by atoms with van der Waals surface area (Å²) in [5.74, 6) is 1.39. The van der Waals surface area contributed by atoms with E-state index in [1.807, 2.05) is 0 Å². The fourth-order valence-corrected chi connectivity index (χ4v) is 1.53. The van der Waals surface area contributed by atoms with Gasteiger partial charge in [0.05, 0.1) is 19.0 Å². The molecule has 0 spiro atoms. The largest absolute Gasteiger partial charge is 0.477 e. The molecule has 0 atom stereocenters. The molecule has 2 N–H and O–H groups in total. The predicted molar refractivity (Wildman–Crippen MR) is 69.4 cm³/mol. The molecule has 0 saturated carbocycles. The summed E-state index contributed by atoms with van der Waals surface area (Å²) in [4.78, 5) is 10.7. The van der Waals surface area contributed by atoms with Crippen LogP contribution in [0.1, 0.15) is 27.2 Å². The van der Waals surface area contributed by atoms with E-state index in [0.717, 1.165) is 18.8 Å². The number of nitrogens with zero attached hydrogens (tertiary/aromatic N) is 3. The van der Waals surface area contributed by atoms with Gasteiger partial charge in [0, 0.05) is 19.1 Å². The van der Waals surface area contributed by atoms with Crippen LogP contribution < -0.4 is 15.4 Å². The van der Waals surface area contributed by atoms with Gasteiger partial charge in [-0.25, -0.2) is 0 Å². The maximum atomic E-state index is 5.60. The van der Waals surface area contributed by atoms with Crippen molar-refractivity contribution in [3.8, 4) is 5.88 Å². The Hall–Kier alpha value is -1.36. The first-order chi connectivity index (χ1) is 8.19. The smallest absolute Gasteiger partial charge is 0.234 e. The third-order valence-electron chi connectivity index (χ3n) is 2.34. The predicted octanol–water partition coefficient (Wildman–Crippen LogP) is 1.44. The average Bonchev–Trinajstić information content (AvgIpc) is 2.33. The number of ether oxygens (including phenoxy) is 1. The molecule has 5 heteroatoms. The fourth-order valence-electron chi connectivity index (χ4n) is 1.53. The Balaban J connectivity index is 2.80. The molecule has 0 aliphatic carbocycles. The van der Waals surface area contributed by atoms with Crippen molar-refractivity contribution in [2.24, 2.45) is 5.73 Å². The molecule has 0 aliphatic rings. The fraction of sp³-hybridized carbons (Fsp3) is 0.667. The van der Waals surface area contributed by atoms with E-state index in [1.54, 1.807) is 12.4 Å². The van der Waals surface area contributed by atoms with Crippen LogP contribution in [0.3, 0.4) is 0 Å². The zero-order valence-corrected chi connectivity index (χ0v) is 10.9. The van der Waals surface area contributed by atoms with E-state index in [9.17, 15) is 0 Å². The van der Waals surface area contributed by atoms with Crippen molar-refractivity contribution in [2.45, 2.75) is 33.2 Å². The number of nitrogens with two attached hydrogens (primary N) is 1. The molecular weight excluding hydrogens is 216 g/mol. The Bertz CT molecular complexity index is 330. The molecule has 0 bridgehead atoms. The lowest BCUT2D eigenvalue weighted by atomic mass is 10.3. The van der Waals surface area contributed by atoms with Crippen LogP contribution in [0, 0.1) is 0 Å². The Morgan fingerprint density at radius 1 is 1.41 bits per heavy atom. The SMILES string of the molecule is CCCOc1cncc(N(CCN)C(C)C)n1. The first-order valence-electron chi connectivity index (χ1n) is 6.10. The van der Waals surface area contributed by atoms with Gasteiger partial charge >= 0.3 is 0 Å². The minimum absolute atomic E-state index is 0.342. The monoisotopic (exact) mass is 238 g/mol. The summed E-state index contributed by atoms with van der Waals surface area (Å²) in [6.45, 7) is 8.31. The standard InChI is InChI=1S/C12H22N4O/c1-4-7-17-12-9-14-8-11(15-12)16(6-5-13)10(2)3/h8-10H,4-7,13H2,1-3H3. The topological polar surface area (TPSA) is 64.3 Å². The van der Waals surface area contributed by atoms with Gasteiger partial charge in [-0.2, -0.15) is 4.98 Å². The second kappa shape index (κ2) is 7.06. The van der Waals surface area contributed by atoms with Gasteiger partial charge in [0.2, 0.25) is 5.88 Å². The van der Waals surface area contributed by atoms with Gasteiger partial charge in [0.15, 0.2) is 5.82 Å². The number of rotatable bonds is 7. The van der Waals surface area contributed by atoms with E-state index in [4.69, 9.17) is 10.5 Å². The summed E-state index contributed by atoms with van der Waals surface area (Å²) in [7, 11) is 0. The minimum Gasteiger partial charge on any atom is -0.477 e. The van der Waals surface area contributed by atoms with Crippen LogP contribution in [-0.4, -0.2) is 35.7 Å². The summed E-state index contributed by atoms with van der Waals surface area (Å²) < 4.78 is 5.47. The molecule has 1 aromatic rings. The van der Waals surface area contributed by atoms with Gasteiger partial charge in [-0.05, 0) is 20.3 Å². The molecule has 0 unspecified atom stereocenters. The van der Waals surface area contributed by atoms with Crippen molar-refractivity contribution < 1.29 is 4.74 Å². The van der Waals surface area contributed by atoms with Gasteiger partial charge in [-0.15, -0.1) is 0 Å². The molecule has 17 heavy (non-hydrogen) atoms. The van der Waals surface area contributed by atoms with Gasteiger partial charge in [0.25, 0.3) is 0 Å². The molecule has 96 valence electrons. The molecule has 0 aromatic carbocycles. The highest BCUT2D eigenvalue weighted by Crippen LogP contribution is 2.16. The highest BCUT2D eigenvalue weighted by molar-refractivity contribution is 5.38. The highest BCUT2D eigenvalue weighted by atomic mass is 16.5. The summed E-state index contributed by atoms with van der Waals surface area (Å²) in [5, 5.41) is 0. The van der Waals surface area contributed by atoms with Crippen molar-refractivity contribution in [3.63, 3.8) is 0 Å². The van der Waals surface area contributed by atoms with Crippen LogP contribution in [0.25, 0.3) is 0 Å².